The van der Waals surface area contributed by atoms with Crippen LogP contribution in [0.4, 0.5) is 4.79 Å². The number of piperazine rings is 1. The summed E-state index contributed by atoms with van der Waals surface area (Å²) in [6, 6.07) is 0. The summed E-state index contributed by atoms with van der Waals surface area (Å²) in [7, 11) is 0. The minimum absolute atomic E-state index is 0.202. The number of carbonyl (C=O) groups excluding carboxylic acids is 1. The van der Waals surface area contributed by atoms with E-state index >= 15 is 0 Å². The average molecular weight is 406 g/mol. The summed E-state index contributed by atoms with van der Waals surface area (Å²) < 4.78 is 8.52. The van der Waals surface area contributed by atoms with Gasteiger partial charge in [-0.1, -0.05) is 0 Å². The van der Waals surface area contributed by atoms with Gasteiger partial charge in [-0.15, -0.1) is 0 Å². The zero-order valence-corrected chi connectivity index (χ0v) is 15.0. The fourth-order valence-corrected chi connectivity index (χ4v) is 2.67. The topological polar surface area (TPSA) is 50.6 Å². The predicted molar refractivity (Wildman–Crippen MR) is 89.2 cm³/mol. The minimum atomic E-state index is -0.424. The molecule has 0 spiro atoms. The lowest BCUT2D eigenvalue weighted by Gasteiger charge is -2.35. The number of hydrogen-bond acceptors (Lipinski definition) is 4. The summed E-state index contributed by atoms with van der Waals surface area (Å²) in [6.07, 6.45) is 3.70. The highest BCUT2D eigenvalue weighted by atomic mass is 127. The zero-order valence-electron chi connectivity index (χ0n) is 12.9. The molecule has 1 aliphatic heterocycles. The van der Waals surface area contributed by atoms with Gasteiger partial charge in [0.15, 0.2) is 0 Å². The molecule has 0 bridgehead atoms. The second-order valence-electron chi connectivity index (χ2n) is 6.24. The van der Waals surface area contributed by atoms with Crippen LogP contribution in [-0.2, 0) is 11.3 Å². The van der Waals surface area contributed by atoms with Crippen LogP contribution >= 0.6 is 22.6 Å². The molecule has 1 saturated heterocycles. The maximum Gasteiger partial charge on any atom is 0.410 e. The zero-order chi connectivity index (χ0) is 15.5. The van der Waals surface area contributed by atoms with E-state index in [1.807, 2.05) is 33.3 Å². The predicted octanol–water partition coefficient (Wildman–Crippen LogP) is 2.04. The van der Waals surface area contributed by atoms with E-state index in [1.54, 1.807) is 4.90 Å². The number of amides is 1. The van der Waals surface area contributed by atoms with Crippen LogP contribution in [0.15, 0.2) is 12.5 Å². The van der Waals surface area contributed by atoms with E-state index in [9.17, 15) is 4.79 Å². The molecule has 1 amide bonds. The van der Waals surface area contributed by atoms with Crippen LogP contribution in [0.3, 0.4) is 0 Å². The van der Waals surface area contributed by atoms with Crippen LogP contribution in [0.1, 0.15) is 20.8 Å². The van der Waals surface area contributed by atoms with Crippen LogP contribution in [0.5, 0.6) is 0 Å². The molecule has 7 heteroatoms. The van der Waals surface area contributed by atoms with Crippen molar-refractivity contribution in [3.8, 4) is 0 Å². The number of ether oxygens (including phenoxy) is 1. The molecule has 1 fully saturated rings. The van der Waals surface area contributed by atoms with Gasteiger partial charge < -0.3 is 14.2 Å². The van der Waals surface area contributed by atoms with Crippen molar-refractivity contribution < 1.29 is 9.53 Å². The highest BCUT2D eigenvalue weighted by Crippen LogP contribution is 2.12. The fourth-order valence-electron chi connectivity index (χ4n) is 2.19. The first kappa shape index (κ1) is 16.5. The van der Waals surface area contributed by atoms with Crippen molar-refractivity contribution in [2.45, 2.75) is 32.9 Å². The summed E-state index contributed by atoms with van der Waals surface area (Å²) in [4.78, 5) is 20.3. The minimum Gasteiger partial charge on any atom is -0.444 e. The molecule has 1 aromatic rings. The number of carbonyl (C=O) groups is 1. The van der Waals surface area contributed by atoms with Crippen molar-refractivity contribution in [1.29, 1.82) is 0 Å². The molecule has 1 aromatic heterocycles. The number of hydrogen-bond donors (Lipinski definition) is 0. The van der Waals surface area contributed by atoms with Crippen molar-refractivity contribution in [1.82, 2.24) is 19.4 Å². The molecule has 2 heterocycles. The van der Waals surface area contributed by atoms with Gasteiger partial charge in [0.25, 0.3) is 0 Å². The lowest BCUT2D eigenvalue weighted by molar-refractivity contribution is 0.0143. The Hall–Kier alpha value is -0.830. The van der Waals surface area contributed by atoms with E-state index in [0.717, 1.165) is 43.0 Å². The van der Waals surface area contributed by atoms with Gasteiger partial charge in [0.2, 0.25) is 0 Å². The molecule has 0 unspecified atom stereocenters. The largest absolute Gasteiger partial charge is 0.444 e. The third kappa shape index (κ3) is 5.46. The van der Waals surface area contributed by atoms with E-state index in [1.165, 1.54) is 0 Å². The molecule has 0 aromatic carbocycles. The summed E-state index contributed by atoms with van der Waals surface area (Å²) >= 11 is 2.21. The third-order valence-corrected chi connectivity index (χ3v) is 3.86. The fraction of sp³-hybridized carbons (Fsp3) is 0.714. The van der Waals surface area contributed by atoms with Crippen molar-refractivity contribution in [2.24, 2.45) is 0 Å². The monoisotopic (exact) mass is 406 g/mol. The van der Waals surface area contributed by atoms with Gasteiger partial charge >= 0.3 is 6.09 Å². The van der Waals surface area contributed by atoms with Crippen molar-refractivity contribution in [2.75, 3.05) is 32.7 Å². The molecular formula is C14H23IN4O2. The van der Waals surface area contributed by atoms with Gasteiger partial charge in [-0.2, -0.15) is 0 Å². The molecule has 0 N–H and O–H groups in total. The summed E-state index contributed by atoms with van der Waals surface area (Å²) in [5.41, 5.74) is -0.424. The molecule has 1 aliphatic rings. The lowest BCUT2D eigenvalue weighted by atomic mass is 10.2. The van der Waals surface area contributed by atoms with E-state index in [4.69, 9.17) is 4.74 Å². The second kappa shape index (κ2) is 6.95. The van der Waals surface area contributed by atoms with Gasteiger partial charge in [-0.05, 0) is 43.4 Å². The summed E-state index contributed by atoms with van der Waals surface area (Å²) in [5, 5.41) is 0. The first-order valence-corrected chi connectivity index (χ1v) is 8.29. The lowest BCUT2D eigenvalue weighted by Crippen LogP contribution is -2.50. The van der Waals surface area contributed by atoms with Crippen molar-refractivity contribution in [3.63, 3.8) is 0 Å². The van der Waals surface area contributed by atoms with Crippen LogP contribution < -0.4 is 0 Å². The van der Waals surface area contributed by atoms with Crippen LogP contribution in [-0.4, -0.2) is 63.8 Å². The third-order valence-electron chi connectivity index (χ3n) is 3.30. The average Bonchev–Trinajstić information content (AvgIpc) is 2.81. The maximum atomic E-state index is 12.0. The molecular weight excluding hydrogens is 383 g/mol. The molecule has 21 heavy (non-hydrogen) atoms. The van der Waals surface area contributed by atoms with Crippen molar-refractivity contribution in [3.05, 3.63) is 16.2 Å². The van der Waals surface area contributed by atoms with Gasteiger partial charge in [-0.25, -0.2) is 9.78 Å². The second-order valence-corrected chi connectivity index (χ2v) is 7.35. The highest BCUT2D eigenvalue weighted by molar-refractivity contribution is 14.1. The molecule has 118 valence electrons. The van der Waals surface area contributed by atoms with Gasteiger partial charge in [0.05, 0.1) is 6.33 Å². The van der Waals surface area contributed by atoms with Crippen LogP contribution in [0.2, 0.25) is 0 Å². The Labute approximate surface area is 139 Å². The summed E-state index contributed by atoms with van der Waals surface area (Å²) in [5.74, 6) is 0. The van der Waals surface area contributed by atoms with Crippen LogP contribution in [0.25, 0.3) is 0 Å². The molecule has 0 aliphatic carbocycles. The van der Waals surface area contributed by atoms with Gasteiger partial charge in [0.1, 0.15) is 9.30 Å². The number of imidazole rings is 1. The molecule has 0 atom stereocenters. The number of halogens is 1. The van der Waals surface area contributed by atoms with Crippen LogP contribution in [0, 0.1) is 3.70 Å². The summed E-state index contributed by atoms with van der Waals surface area (Å²) in [6.45, 7) is 10.9. The Morgan fingerprint density at radius 3 is 2.48 bits per heavy atom. The smallest absolute Gasteiger partial charge is 0.410 e. The van der Waals surface area contributed by atoms with E-state index in [0.29, 0.717) is 0 Å². The van der Waals surface area contributed by atoms with Crippen molar-refractivity contribution >= 4 is 28.7 Å². The van der Waals surface area contributed by atoms with E-state index in [2.05, 4.69) is 37.0 Å². The Kier molecular flexibility index (Phi) is 5.48. The Morgan fingerprint density at radius 1 is 1.29 bits per heavy atom. The molecule has 0 saturated carbocycles. The molecule has 6 nitrogen and oxygen atoms in total. The molecule has 0 radical (unpaired) electrons. The normalized spacial score (nSPS) is 17.0. The Bertz CT molecular complexity index is 476. The first-order valence-electron chi connectivity index (χ1n) is 7.21. The van der Waals surface area contributed by atoms with Gasteiger partial charge in [0, 0.05) is 45.5 Å². The van der Waals surface area contributed by atoms with Gasteiger partial charge in [-0.3, -0.25) is 4.90 Å². The number of aromatic nitrogens is 2. The quantitative estimate of drug-likeness (QED) is 0.722. The Balaban J connectivity index is 1.72. The van der Waals surface area contributed by atoms with E-state index < -0.39 is 5.60 Å². The highest BCUT2D eigenvalue weighted by Gasteiger charge is 2.25. The SMILES string of the molecule is CC(C)(C)OC(=O)N1CCN(CCn2cnc(I)c2)CC1. The first-order chi connectivity index (χ1) is 9.83. The Morgan fingerprint density at radius 2 is 1.95 bits per heavy atom. The van der Waals surface area contributed by atoms with E-state index in [-0.39, 0.29) is 6.09 Å². The standard InChI is InChI=1S/C14H23IN4O2/c1-14(2,3)21-13(20)19-8-6-17(7-9-19)4-5-18-10-12(15)16-11-18/h10-11H,4-9H2,1-3H3. The number of rotatable bonds is 3. The number of nitrogens with zero attached hydrogens (tertiary/aromatic N) is 4. The maximum absolute atomic E-state index is 12.0. The molecule has 2 rings (SSSR count).